The molecule has 4 heteroatoms. The van der Waals surface area contributed by atoms with Gasteiger partial charge in [0.15, 0.2) is 0 Å². The summed E-state index contributed by atoms with van der Waals surface area (Å²) in [6.45, 7) is 4.84. The van der Waals surface area contributed by atoms with Crippen molar-refractivity contribution in [1.82, 2.24) is 9.47 Å². The monoisotopic (exact) mass is 406 g/mol. The molecule has 1 aromatic heterocycles. The summed E-state index contributed by atoms with van der Waals surface area (Å²) >= 11 is 6.19. The van der Waals surface area contributed by atoms with Crippen molar-refractivity contribution < 1.29 is 4.79 Å². The van der Waals surface area contributed by atoms with E-state index in [2.05, 4.69) is 42.0 Å². The van der Waals surface area contributed by atoms with E-state index in [0.717, 1.165) is 31.6 Å². The summed E-state index contributed by atoms with van der Waals surface area (Å²) in [7, 11) is 0. The van der Waals surface area contributed by atoms with Crippen LogP contribution in [-0.4, -0.2) is 28.5 Å². The number of unbranched alkanes of at least 4 members (excludes halogenated alkanes) is 1. The molecular weight excluding hydrogens is 380 g/mol. The first kappa shape index (κ1) is 19.8. The summed E-state index contributed by atoms with van der Waals surface area (Å²) in [5.41, 5.74) is 3.55. The minimum Gasteiger partial charge on any atom is -0.347 e. The van der Waals surface area contributed by atoms with E-state index in [0.29, 0.717) is 10.9 Å². The lowest BCUT2D eigenvalue weighted by Gasteiger charge is -2.14. The Labute approximate surface area is 177 Å². The maximum absolute atomic E-state index is 12.7. The Hall–Kier alpha value is -2.52. The van der Waals surface area contributed by atoms with Crippen LogP contribution < -0.4 is 0 Å². The highest BCUT2D eigenvalue weighted by Crippen LogP contribution is 2.34. The zero-order chi connectivity index (χ0) is 20.2. The number of fused-ring (bicyclic) bond motifs is 1. The van der Waals surface area contributed by atoms with E-state index in [1.54, 1.807) is 6.08 Å². The number of carbonyl (C=O) groups is 1. The number of amides is 1. The molecule has 0 bridgehead atoms. The highest BCUT2D eigenvalue weighted by Gasteiger charge is 2.28. The number of para-hydroxylation sites is 1. The van der Waals surface area contributed by atoms with E-state index in [1.807, 2.05) is 35.2 Å². The molecule has 2 aromatic carbocycles. The SMILES string of the molecule is CCCCn1cc(C2CCN(C(=O)C=Cc3ccccc3Cl)C2)c2ccccc21. The first-order valence-electron chi connectivity index (χ1n) is 10.5. The molecule has 1 atom stereocenters. The molecule has 1 amide bonds. The summed E-state index contributed by atoms with van der Waals surface area (Å²) in [6.07, 6.45) is 9.15. The number of halogens is 1. The van der Waals surface area contributed by atoms with Gasteiger partial charge < -0.3 is 9.47 Å². The van der Waals surface area contributed by atoms with Crippen molar-refractivity contribution in [2.45, 2.75) is 38.6 Å². The van der Waals surface area contributed by atoms with Crippen LogP contribution >= 0.6 is 11.6 Å². The largest absolute Gasteiger partial charge is 0.347 e. The Morgan fingerprint density at radius 1 is 1.17 bits per heavy atom. The third-order valence-corrected chi connectivity index (χ3v) is 6.17. The molecule has 1 aliphatic rings. The van der Waals surface area contributed by atoms with E-state index < -0.39 is 0 Å². The molecule has 3 aromatic rings. The average molecular weight is 407 g/mol. The molecule has 4 rings (SSSR count). The van der Waals surface area contributed by atoms with Crippen LogP contribution in [0.15, 0.2) is 60.8 Å². The summed E-state index contributed by atoms with van der Waals surface area (Å²) in [4.78, 5) is 14.7. The van der Waals surface area contributed by atoms with Crippen LogP contribution in [0.5, 0.6) is 0 Å². The molecule has 3 nitrogen and oxygen atoms in total. The molecule has 0 aliphatic carbocycles. The average Bonchev–Trinajstić information content (AvgIpc) is 3.36. The minimum atomic E-state index is 0.0575. The Morgan fingerprint density at radius 3 is 2.79 bits per heavy atom. The number of aryl methyl sites for hydroxylation is 1. The fourth-order valence-corrected chi connectivity index (χ4v) is 4.40. The highest BCUT2D eigenvalue weighted by molar-refractivity contribution is 6.32. The van der Waals surface area contributed by atoms with Crippen molar-refractivity contribution in [2.75, 3.05) is 13.1 Å². The lowest BCUT2D eigenvalue weighted by Crippen LogP contribution is -2.26. The van der Waals surface area contributed by atoms with Gasteiger partial charge in [-0.05, 0) is 42.2 Å². The normalized spacial score (nSPS) is 16.9. The number of hydrogen-bond acceptors (Lipinski definition) is 1. The Bertz CT molecular complexity index is 1040. The van der Waals surface area contributed by atoms with Crippen molar-refractivity contribution in [1.29, 1.82) is 0 Å². The van der Waals surface area contributed by atoms with Gasteiger partial charge in [-0.25, -0.2) is 0 Å². The van der Waals surface area contributed by atoms with Crippen molar-refractivity contribution in [2.24, 2.45) is 0 Å². The molecular formula is C25H27ClN2O. The maximum Gasteiger partial charge on any atom is 0.246 e. The third kappa shape index (κ3) is 4.25. The molecule has 1 aliphatic heterocycles. The maximum atomic E-state index is 12.7. The highest BCUT2D eigenvalue weighted by atomic mass is 35.5. The van der Waals surface area contributed by atoms with Crippen molar-refractivity contribution in [3.8, 4) is 0 Å². The van der Waals surface area contributed by atoms with Gasteiger partial charge in [0, 0.05) is 53.8 Å². The smallest absolute Gasteiger partial charge is 0.246 e. The first-order chi connectivity index (χ1) is 14.2. The predicted molar refractivity (Wildman–Crippen MR) is 121 cm³/mol. The van der Waals surface area contributed by atoms with Gasteiger partial charge in [-0.1, -0.05) is 61.3 Å². The quantitative estimate of drug-likeness (QED) is 0.452. The number of likely N-dealkylation sites (tertiary alicyclic amines) is 1. The molecule has 1 saturated heterocycles. The molecule has 2 heterocycles. The fourth-order valence-electron chi connectivity index (χ4n) is 4.20. The van der Waals surface area contributed by atoms with E-state index in [1.165, 1.54) is 29.3 Å². The van der Waals surface area contributed by atoms with Gasteiger partial charge in [0.05, 0.1) is 0 Å². The van der Waals surface area contributed by atoms with Gasteiger partial charge in [-0.2, -0.15) is 0 Å². The Balaban J connectivity index is 1.50. The number of carbonyl (C=O) groups excluding carboxylic acids is 1. The molecule has 0 spiro atoms. The van der Waals surface area contributed by atoms with Gasteiger partial charge in [-0.15, -0.1) is 0 Å². The summed E-state index contributed by atoms with van der Waals surface area (Å²) in [5.74, 6) is 0.447. The number of aromatic nitrogens is 1. The second kappa shape index (κ2) is 8.87. The Kier molecular flexibility index (Phi) is 6.05. The van der Waals surface area contributed by atoms with Crippen LogP contribution in [0.4, 0.5) is 0 Å². The van der Waals surface area contributed by atoms with E-state index in [9.17, 15) is 4.79 Å². The van der Waals surface area contributed by atoms with Crippen molar-refractivity contribution >= 4 is 34.5 Å². The second-order valence-electron chi connectivity index (χ2n) is 7.77. The molecule has 150 valence electrons. The van der Waals surface area contributed by atoms with E-state index >= 15 is 0 Å². The van der Waals surface area contributed by atoms with Gasteiger partial charge in [0.1, 0.15) is 0 Å². The molecule has 1 unspecified atom stereocenters. The van der Waals surface area contributed by atoms with E-state index in [-0.39, 0.29) is 5.91 Å². The third-order valence-electron chi connectivity index (χ3n) is 5.82. The van der Waals surface area contributed by atoms with Crippen LogP contribution in [0.25, 0.3) is 17.0 Å². The van der Waals surface area contributed by atoms with Crippen LogP contribution in [-0.2, 0) is 11.3 Å². The van der Waals surface area contributed by atoms with Gasteiger partial charge in [0.25, 0.3) is 0 Å². The zero-order valence-corrected chi connectivity index (χ0v) is 17.6. The number of nitrogens with zero attached hydrogens (tertiary/aromatic N) is 2. The van der Waals surface area contributed by atoms with Crippen LogP contribution in [0.1, 0.15) is 43.2 Å². The minimum absolute atomic E-state index is 0.0575. The fraction of sp³-hybridized carbons (Fsp3) is 0.320. The lowest BCUT2D eigenvalue weighted by molar-refractivity contribution is -0.124. The summed E-state index contributed by atoms with van der Waals surface area (Å²) in [5, 5.41) is 1.99. The lowest BCUT2D eigenvalue weighted by atomic mass is 9.98. The molecule has 29 heavy (non-hydrogen) atoms. The van der Waals surface area contributed by atoms with Crippen molar-refractivity contribution in [3.05, 3.63) is 77.0 Å². The number of benzene rings is 2. The van der Waals surface area contributed by atoms with Crippen LogP contribution in [0.3, 0.4) is 0 Å². The molecule has 1 fully saturated rings. The number of hydrogen-bond donors (Lipinski definition) is 0. The molecule has 0 radical (unpaired) electrons. The van der Waals surface area contributed by atoms with Gasteiger partial charge in [0.2, 0.25) is 5.91 Å². The first-order valence-corrected chi connectivity index (χ1v) is 10.8. The molecule has 0 N–H and O–H groups in total. The summed E-state index contributed by atoms with van der Waals surface area (Å²) in [6, 6.07) is 16.2. The number of rotatable bonds is 6. The van der Waals surface area contributed by atoms with Crippen molar-refractivity contribution in [3.63, 3.8) is 0 Å². The Morgan fingerprint density at radius 2 is 1.97 bits per heavy atom. The van der Waals surface area contributed by atoms with Gasteiger partial charge in [-0.3, -0.25) is 4.79 Å². The zero-order valence-electron chi connectivity index (χ0n) is 16.9. The summed E-state index contributed by atoms with van der Waals surface area (Å²) < 4.78 is 2.38. The standard InChI is InChI=1S/C25H27ClN2O/c1-2-3-15-27-18-22(21-9-5-7-11-24(21)27)20-14-16-28(17-20)25(29)13-12-19-8-4-6-10-23(19)26/h4-13,18,20H,2-3,14-17H2,1H3. The molecule has 0 saturated carbocycles. The van der Waals surface area contributed by atoms with E-state index in [4.69, 9.17) is 11.6 Å². The second-order valence-corrected chi connectivity index (χ2v) is 8.18. The predicted octanol–water partition coefficient (Wildman–Crippen LogP) is 6.12. The van der Waals surface area contributed by atoms with Crippen LogP contribution in [0.2, 0.25) is 5.02 Å². The van der Waals surface area contributed by atoms with Crippen LogP contribution in [0, 0.1) is 0 Å². The van der Waals surface area contributed by atoms with Gasteiger partial charge >= 0.3 is 0 Å². The topological polar surface area (TPSA) is 25.2 Å².